The second-order valence-electron chi connectivity index (χ2n) is 6.94. The van der Waals surface area contributed by atoms with Crippen LogP contribution in [0.4, 0.5) is 0 Å². The van der Waals surface area contributed by atoms with Crippen LogP contribution in [0, 0.1) is 12.8 Å². The van der Waals surface area contributed by atoms with Crippen molar-refractivity contribution in [2.24, 2.45) is 5.92 Å². The topological polar surface area (TPSA) is 76.7 Å². The molecule has 144 valence electrons. The van der Waals surface area contributed by atoms with E-state index in [1.807, 2.05) is 6.92 Å². The van der Waals surface area contributed by atoms with Gasteiger partial charge in [-0.25, -0.2) is 0 Å². The van der Waals surface area contributed by atoms with Crippen LogP contribution < -0.4 is 10.2 Å². The van der Waals surface area contributed by atoms with Gasteiger partial charge in [-0.3, -0.25) is 9.59 Å². The lowest BCUT2D eigenvalue weighted by atomic mass is 9.82. The molecule has 1 heterocycles. The van der Waals surface area contributed by atoms with Crippen molar-refractivity contribution < 1.29 is 19.1 Å². The Kier molecular flexibility index (Phi) is 4.81. The summed E-state index contributed by atoms with van der Waals surface area (Å²) in [5.41, 5.74) is 1.45. The highest BCUT2D eigenvalue weighted by Crippen LogP contribution is 2.39. The zero-order valence-electron chi connectivity index (χ0n) is 14.9. The Labute approximate surface area is 170 Å². The third-order valence-corrected chi connectivity index (χ3v) is 5.68. The highest BCUT2D eigenvalue weighted by atomic mass is 35.5. The van der Waals surface area contributed by atoms with Gasteiger partial charge in [0.25, 0.3) is 0 Å². The molecule has 1 fully saturated rings. The van der Waals surface area contributed by atoms with Crippen molar-refractivity contribution in [1.29, 1.82) is 0 Å². The number of ether oxygens (including phenoxy) is 1. The molecule has 4 rings (SSSR count). The lowest BCUT2D eigenvalue weighted by molar-refractivity contribution is -0.147. The molecule has 0 bridgehead atoms. The van der Waals surface area contributed by atoms with Crippen LogP contribution in [0.2, 0.25) is 10.0 Å². The number of carboxylic acids is 1. The molecule has 1 aliphatic carbocycles. The van der Waals surface area contributed by atoms with E-state index in [9.17, 15) is 9.59 Å². The minimum atomic E-state index is -0.822. The van der Waals surface area contributed by atoms with Crippen LogP contribution in [0.5, 0.6) is 5.75 Å². The molecular formula is C21H16Cl2O5. The van der Waals surface area contributed by atoms with E-state index in [0.29, 0.717) is 50.9 Å². The quantitative estimate of drug-likeness (QED) is 0.620. The molecule has 0 spiro atoms. The fraction of sp³-hybridized carbons (Fsp3) is 0.238. The number of fused-ring (bicyclic) bond motifs is 1. The van der Waals surface area contributed by atoms with Crippen LogP contribution in [0.25, 0.3) is 22.3 Å². The van der Waals surface area contributed by atoms with Crippen molar-refractivity contribution in [3.63, 3.8) is 0 Å². The third kappa shape index (κ3) is 3.36. The molecule has 2 aromatic carbocycles. The first-order valence-electron chi connectivity index (χ1n) is 8.76. The van der Waals surface area contributed by atoms with E-state index in [-0.39, 0.29) is 11.5 Å². The maximum Gasteiger partial charge on any atom is 0.306 e. The van der Waals surface area contributed by atoms with E-state index in [1.165, 1.54) is 6.07 Å². The van der Waals surface area contributed by atoms with Gasteiger partial charge in [-0.15, -0.1) is 0 Å². The number of hydrogen-bond acceptors (Lipinski definition) is 4. The summed E-state index contributed by atoms with van der Waals surface area (Å²) < 4.78 is 11.9. The van der Waals surface area contributed by atoms with Gasteiger partial charge >= 0.3 is 5.97 Å². The number of para-hydroxylation sites is 1. The summed E-state index contributed by atoms with van der Waals surface area (Å²) in [5.74, 6) is -0.461. The standard InChI is InChI=1S/C21H16Cl2O5/c1-10-5-14(18(8-16(10)23)27-12-6-11(7-12)21(25)26)19-9-17(24)13-3-2-4-15(22)20(13)28-19/h2-5,8-9,11-12H,6-7H2,1H3,(H,25,26)/t11-,12-. The van der Waals surface area contributed by atoms with Crippen LogP contribution in [-0.4, -0.2) is 17.2 Å². The lowest BCUT2D eigenvalue weighted by Crippen LogP contribution is -2.38. The number of rotatable bonds is 4. The summed E-state index contributed by atoms with van der Waals surface area (Å²) in [6.45, 7) is 1.84. The first kappa shape index (κ1) is 18.8. The number of aryl methyl sites for hydroxylation is 1. The SMILES string of the molecule is Cc1cc(-c2cc(=O)c3cccc(Cl)c3o2)c(O[C@H]2C[C@H](C(=O)O)C2)cc1Cl. The van der Waals surface area contributed by atoms with E-state index in [0.717, 1.165) is 5.56 Å². The summed E-state index contributed by atoms with van der Waals surface area (Å²) in [5, 5.41) is 10.3. The Morgan fingerprint density at radius 1 is 1.18 bits per heavy atom. The molecule has 0 amide bonds. The molecule has 1 aliphatic rings. The largest absolute Gasteiger partial charge is 0.490 e. The molecule has 1 saturated carbocycles. The Morgan fingerprint density at radius 2 is 1.93 bits per heavy atom. The van der Waals surface area contributed by atoms with Crippen molar-refractivity contribution in [3.05, 3.63) is 62.2 Å². The zero-order valence-corrected chi connectivity index (χ0v) is 16.4. The highest BCUT2D eigenvalue weighted by Gasteiger charge is 2.36. The predicted octanol–water partition coefficient (Wildman–Crippen LogP) is 5.32. The van der Waals surface area contributed by atoms with Gasteiger partial charge in [-0.2, -0.15) is 0 Å². The molecule has 0 radical (unpaired) electrons. The molecule has 0 unspecified atom stereocenters. The maximum atomic E-state index is 12.5. The lowest BCUT2D eigenvalue weighted by Gasteiger charge is -2.33. The molecule has 0 aliphatic heterocycles. The van der Waals surface area contributed by atoms with Gasteiger partial charge in [0.15, 0.2) is 11.0 Å². The Hall–Kier alpha value is -2.50. The van der Waals surface area contributed by atoms with Crippen molar-refractivity contribution in [2.75, 3.05) is 0 Å². The van der Waals surface area contributed by atoms with Gasteiger partial charge < -0.3 is 14.3 Å². The van der Waals surface area contributed by atoms with Gasteiger partial charge in [0.1, 0.15) is 17.6 Å². The molecule has 1 N–H and O–H groups in total. The highest BCUT2D eigenvalue weighted by molar-refractivity contribution is 6.34. The normalized spacial score (nSPS) is 18.7. The summed E-state index contributed by atoms with van der Waals surface area (Å²) in [7, 11) is 0. The monoisotopic (exact) mass is 418 g/mol. The summed E-state index contributed by atoms with van der Waals surface area (Å²) in [6.07, 6.45) is 0.621. The van der Waals surface area contributed by atoms with E-state index in [2.05, 4.69) is 0 Å². The third-order valence-electron chi connectivity index (χ3n) is 4.97. The number of halogens is 2. The number of hydrogen-bond donors (Lipinski definition) is 1. The first-order chi connectivity index (χ1) is 13.3. The van der Waals surface area contributed by atoms with E-state index in [1.54, 1.807) is 30.3 Å². The molecule has 7 heteroatoms. The van der Waals surface area contributed by atoms with Crippen LogP contribution in [0.1, 0.15) is 18.4 Å². The van der Waals surface area contributed by atoms with Crippen molar-refractivity contribution >= 4 is 40.1 Å². The van der Waals surface area contributed by atoms with Crippen molar-refractivity contribution in [2.45, 2.75) is 25.9 Å². The Balaban J connectivity index is 1.78. The number of aliphatic carboxylic acids is 1. The molecular weight excluding hydrogens is 403 g/mol. The van der Waals surface area contributed by atoms with Gasteiger partial charge in [0.05, 0.1) is 21.9 Å². The van der Waals surface area contributed by atoms with Gasteiger partial charge in [-0.05, 0) is 49.6 Å². The van der Waals surface area contributed by atoms with Gasteiger partial charge in [0, 0.05) is 11.1 Å². The average molecular weight is 419 g/mol. The maximum absolute atomic E-state index is 12.5. The van der Waals surface area contributed by atoms with E-state index >= 15 is 0 Å². The molecule has 0 saturated heterocycles. The zero-order chi connectivity index (χ0) is 20.0. The number of carbonyl (C=O) groups is 1. The summed E-state index contributed by atoms with van der Waals surface area (Å²) in [6, 6.07) is 9.85. The van der Waals surface area contributed by atoms with E-state index in [4.69, 9.17) is 37.5 Å². The van der Waals surface area contributed by atoms with Crippen LogP contribution in [0.3, 0.4) is 0 Å². The van der Waals surface area contributed by atoms with Gasteiger partial charge in [0.2, 0.25) is 0 Å². The molecule has 5 nitrogen and oxygen atoms in total. The molecule has 28 heavy (non-hydrogen) atoms. The molecule has 0 atom stereocenters. The average Bonchev–Trinajstić information content (AvgIpc) is 2.60. The fourth-order valence-electron chi connectivity index (χ4n) is 3.27. The van der Waals surface area contributed by atoms with Crippen molar-refractivity contribution in [1.82, 2.24) is 0 Å². The molecule has 1 aromatic heterocycles. The molecule has 3 aromatic rings. The summed E-state index contributed by atoms with van der Waals surface area (Å²) in [4.78, 5) is 23.6. The van der Waals surface area contributed by atoms with E-state index < -0.39 is 11.9 Å². The van der Waals surface area contributed by atoms with Crippen LogP contribution >= 0.6 is 23.2 Å². The van der Waals surface area contributed by atoms with Crippen LogP contribution in [-0.2, 0) is 4.79 Å². The fourth-order valence-corrected chi connectivity index (χ4v) is 3.64. The van der Waals surface area contributed by atoms with Crippen molar-refractivity contribution in [3.8, 4) is 17.1 Å². The smallest absolute Gasteiger partial charge is 0.306 e. The second kappa shape index (κ2) is 7.15. The minimum absolute atomic E-state index is 0.216. The Morgan fingerprint density at radius 3 is 2.64 bits per heavy atom. The predicted molar refractivity (Wildman–Crippen MR) is 107 cm³/mol. The number of carboxylic acid groups (broad SMARTS) is 1. The minimum Gasteiger partial charge on any atom is -0.490 e. The first-order valence-corrected chi connectivity index (χ1v) is 9.51. The van der Waals surface area contributed by atoms with Crippen LogP contribution in [0.15, 0.2) is 45.6 Å². The Bertz CT molecular complexity index is 1150. The summed E-state index contributed by atoms with van der Waals surface area (Å²) >= 11 is 12.5. The van der Waals surface area contributed by atoms with Gasteiger partial charge in [-0.1, -0.05) is 29.3 Å². The second-order valence-corrected chi connectivity index (χ2v) is 7.75. The number of benzene rings is 2.